The normalized spacial score (nSPS) is 10.3. The summed E-state index contributed by atoms with van der Waals surface area (Å²) in [5.41, 5.74) is 0.733. The predicted octanol–water partition coefficient (Wildman–Crippen LogP) is 3.18. The second kappa shape index (κ2) is 4.96. The molecule has 0 aliphatic heterocycles. The number of halogens is 1. The van der Waals surface area contributed by atoms with Gasteiger partial charge < -0.3 is 4.42 Å². The predicted molar refractivity (Wildman–Crippen MR) is 63.1 cm³/mol. The van der Waals surface area contributed by atoms with E-state index in [4.69, 9.17) is 4.42 Å². The molecule has 0 atom stereocenters. The van der Waals surface area contributed by atoms with Gasteiger partial charge in [0.2, 0.25) is 0 Å². The Morgan fingerprint density at radius 2 is 1.78 bits per heavy atom. The monoisotopic (exact) mass is 246 g/mol. The smallest absolute Gasteiger partial charge is 0.174 e. The van der Waals surface area contributed by atoms with Gasteiger partial charge in [-0.05, 0) is 37.3 Å². The largest absolute Gasteiger partial charge is 0.469 e. The van der Waals surface area contributed by atoms with Crippen LogP contribution in [0, 0.1) is 12.7 Å². The highest BCUT2D eigenvalue weighted by atomic mass is 19.1. The number of benzene rings is 1. The maximum atomic E-state index is 12.7. The van der Waals surface area contributed by atoms with E-state index in [2.05, 4.69) is 0 Å². The van der Waals surface area contributed by atoms with E-state index >= 15 is 0 Å². The third-order valence-electron chi connectivity index (χ3n) is 2.65. The van der Waals surface area contributed by atoms with Gasteiger partial charge in [0.05, 0.1) is 18.2 Å². The standard InChI is InChI=1S/C14H11FO3/c1-9-12(6-7-18-9)14(17)8-13(16)10-2-4-11(15)5-3-10/h2-7H,8H2,1H3. The Hall–Kier alpha value is -2.23. The summed E-state index contributed by atoms with van der Waals surface area (Å²) in [6, 6.07) is 6.66. The molecule has 18 heavy (non-hydrogen) atoms. The number of hydrogen-bond donors (Lipinski definition) is 0. The van der Waals surface area contributed by atoms with E-state index in [0.29, 0.717) is 16.9 Å². The first-order valence-electron chi connectivity index (χ1n) is 5.44. The molecule has 0 amide bonds. The Morgan fingerprint density at radius 1 is 1.11 bits per heavy atom. The molecule has 0 bridgehead atoms. The zero-order chi connectivity index (χ0) is 13.1. The zero-order valence-electron chi connectivity index (χ0n) is 9.77. The summed E-state index contributed by atoms with van der Waals surface area (Å²) in [7, 11) is 0. The van der Waals surface area contributed by atoms with Crippen LogP contribution in [0.1, 0.15) is 32.9 Å². The summed E-state index contributed by atoms with van der Waals surface area (Å²) in [4.78, 5) is 23.6. The van der Waals surface area contributed by atoms with Crippen LogP contribution in [0.25, 0.3) is 0 Å². The van der Waals surface area contributed by atoms with Crippen molar-refractivity contribution in [1.29, 1.82) is 0 Å². The van der Waals surface area contributed by atoms with E-state index in [1.54, 1.807) is 6.92 Å². The topological polar surface area (TPSA) is 47.3 Å². The van der Waals surface area contributed by atoms with E-state index < -0.39 is 5.82 Å². The van der Waals surface area contributed by atoms with E-state index in [-0.39, 0.29) is 18.0 Å². The second-order valence-electron chi connectivity index (χ2n) is 3.92. The molecule has 2 aromatic rings. The minimum Gasteiger partial charge on any atom is -0.469 e. The number of ketones is 2. The Bertz CT molecular complexity index is 581. The fourth-order valence-electron chi connectivity index (χ4n) is 1.65. The van der Waals surface area contributed by atoms with Crippen LogP contribution in [-0.4, -0.2) is 11.6 Å². The lowest BCUT2D eigenvalue weighted by molar-refractivity contribution is 0.0893. The van der Waals surface area contributed by atoms with Gasteiger partial charge in [-0.25, -0.2) is 4.39 Å². The minimum absolute atomic E-state index is 0.244. The van der Waals surface area contributed by atoms with E-state index in [0.717, 1.165) is 0 Å². The van der Waals surface area contributed by atoms with Gasteiger partial charge in [-0.1, -0.05) is 0 Å². The average molecular weight is 246 g/mol. The number of furan rings is 1. The Kier molecular flexibility index (Phi) is 3.37. The first-order chi connectivity index (χ1) is 8.58. The molecule has 0 saturated heterocycles. The van der Waals surface area contributed by atoms with E-state index in [9.17, 15) is 14.0 Å². The van der Waals surface area contributed by atoms with Gasteiger partial charge in [0.25, 0.3) is 0 Å². The molecule has 4 heteroatoms. The highest BCUT2D eigenvalue weighted by molar-refractivity contribution is 6.13. The Morgan fingerprint density at radius 3 is 2.33 bits per heavy atom. The van der Waals surface area contributed by atoms with Crippen molar-refractivity contribution in [2.24, 2.45) is 0 Å². The van der Waals surface area contributed by atoms with Crippen molar-refractivity contribution in [1.82, 2.24) is 0 Å². The lowest BCUT2D eigenvalue weighted by Crippen LogP contribution is -2.08. The lowest BCUT2D eigenvalue weighted by Gasteiger charge is -2.00. The molecular formula is C14H11FO3. The maximum absolute atomic E-state index is 12.7. The molecule has 0 aliphatic carbocycles. The zero-order valence-corrected chi connectivity index (χ0v) is 9.77. The fraction of sp³-hybridized carbons (Fsp3) is 0.143. The van der Waals surface area contributed by atoms with Crippen LogP contribution in [0.2, 0.25) is 0 Å². The second-order valence-corrected chi connectivity index (χ2v) is 3.92. The van der Waals surface area contributed by atoms with Crippen LogP contribution in [0.3, 0.4) is 0 Å². The molecule has 1 heterocycles. The van der Waals surface area contributed by atoms with Crippen LogP contribution in [0.15, 0.2) is 41.0 Å². The van der Waals surface area contributed by atoms with E-state index in [1.807, 2.05) is 0 Å². The number of Topliss-reactive ketones (excluding diaryl/α,β-unsaturated/α-hetero) is 2. The van der Waals surface area contributed by atoms with Gasteiger partial charge in [0, 0.05) is 5.56 Å². The van der Waals surface area contributed by atoms with Gasteiger partial charge in [-0.2, -0.15) is 0 Å². The highest BCUT2D eigenvalue weighted by Crippen LogP contribution is 2.14. The third-order valence-corrected chi connectivity index (χ3v) is 2.65. The quantitative estimate of drug-likeness (QED) is 0.614. The number of rotatable bonds is 4. The van der Waals surface area contributed by atoms with Crippen molar-refractivity contribution in [2.45, 2.75) is 13.3 Å². The minimum atomic E-state index is -0.413. The highest BCUT2D eigenvalue weighted by Gasteiger charge is 2.16. The van der Waals surface area contributed by atoms with Crippen LogP contribution >= 0.6 is 0 Å². The molecule has 0 saturated carbocycles. The lowest BCUT2D eigenvalue weighted by atomic mass is 10.0. The summed E-state index contributed by atoms with van der Waals surface area (Å²) in [5.74, 6) is -0.549. The van der Waals surface area contributed by atoms with Crippen molar-refractivity contribution in [2.75, 3.05) is 0 Å². The Labute approximate surface area is 103 Å². The van der Waals surface area contributed by atoms with Crippen LogP contribution < -0.4 is 0 Å². The molecule has 0 spiro atoms. The van der Waals surface area contributed by atoms with Gasteiger partial charge in [0.15, 0.2) is 11.6 Å². The summed E-state index contributed by atoms with van der Waals surface area (Å²) in [6.45, 7) is 1.66. The van der Waals surface area contributed by atoms with Gasteiger partial charge in [-0.3, -0.25) is 9.59 Å². The van der Waals surface area contributed by atoms with E-state index in [1.165, 1.54) is 36.6 Å². The Balaban J connectivity index is 2.10. The van der Waals surface area contributed by atoms with Crippen molar-refractivity contribution < 1.29 is 18.4 Å². The van der Waals surface area contributed by atoms with Gasteiger partial charge in [-0.15, -0.1) is 0 Å². The summed E-state index contributed by atoms with van der Waals surface area (Å²) < 4.78 is 17.7. The maximum Gasteiger partial charge on any atom is 0.174 e. The van der Waals surface area contributed by atoms with Gasteiger partial charge in [0.1, 0.15) is 11.6 Å². The van der Waals surface area contributed by atoms with Crippen molar-refractivity contribution >= 4 is 11.6 Å². The molecule has 0 radical (unpaired) electrons. The SMILES string of the molecule is Cc1occc1C(=O)CC(=O)c1ccc(F)cc1. The summed E-state index contributed by atoms with van der Waals surface area (Å²) in [6.07, 6.45) is 1.16. The number of carbonyl (C=O) groups excluding carboxylic acids is 2. The number of aryl methyl sites for hydroxylation is 1. The van der Waals surface area contributed by atoms with Crippen LogP contribution in [0.5, 0.6) is 0 Å². The first kappa shape index (κ1) is 12.2. The first-order valence-corrected chi connectivity index (χ1v) is 5.44. The molecule has 2 rings (SSSR count). The van der Waals surface area contributed by atoms with Gasteiger partial charge >= 0.3 is 0 Å². The van der Waals surface area contributed by atoms with Crippen LogP contribution in [-0.2, 0) is 0 Å². The van der Waals surface area contributed by atoms with Crippen LogP contribution in [0.4, 0.5) is 4.39 Å². The molecular weight excluding hydrogens is 235 g/mol. The van der Waals surface area contributed by atoms with Crippen molar-refractivity contribution in [3.8, 4) is 0 Å². The third kappa shape index (κ3) is 2.53. The summed E-state index contributed by atoms with van der Waals surface area (Å²) in [5, 5.41) is 0. The molecule has 1 aromatic carbocycles. The molecule has 1 aromatic heterocycles. The van der Waals surface area contributed by atoms with Crippen molar-refractivity contribution in [3.63, 3.8) is 0 Å². The molecule has 0 aliphatic rings. The molecule has 0 fully saturated rings. The molecule has 0 unspecified atom stereocenters. The van der Waals surface area contributed by atoms with Crippen molar-refractivity contribution in [3.05, 3.63) is 59.3 Å². The molecule has 3 nitrogen and oxygen atoms in total. The number of hydrogen-bond acceptors (Lipinski definition) is 3. The summed E-state index contributed by atoms with van der Waals surface area (Å²) >= 11 is 0. The number of carbonyl (C=O) groups is 2. The fourth-order valence-corrected chi connectivity index (χ4v) is 1.65. The molecule has 0 N–H and O–H groups in total. The molecule has 92 valence electrons. The average Bonchev–Trinajstić information content (AvgIpc) is 2.76.